The number of nitrogens with zero attached hydrogens (tertiary/aromatic N) is 2. The second-order valence-corrected chi connectivity index (χ2v) is 6.30. The van der Waals surface area contributed by atoms with E-state index < -0.39 is 0 Å². The zero-order valence-corrected chi connectivity index (χ0v) is 15.9. The van der Waals surface area contributed by atoms with Crippen molar-refractivity contribution >= 4 is 23.0 Å². The third-order valence-corrected chi connectivity index (χ3v) is 4.12. The number of hydrazone groups is 1. The summed E-state index contributed by atoms with van der Waals surface area (Å²) in [4.78, 5) is 2.36. The second kappa shape index (κ2) is 11.0. The Hall–Kier alpha value is -1.70. The summed E-state index contributed by atoms with van der Waals surface area (Å²) in [5.41, 5.74) is 4.81. The number of ether oxygens (including phenoxy) is 2. The molecule has 1 aromatic carbocycles. The Morgan fingerprint density at radius 2 is 2.00 bits per heavy atom. The zero-order chi connectivity index (χ0) is 17.9. The van der Waals surface area contributed by atoms with E-state index in [1.165, 1.54) is 0 Å². The monoisotopic (exact) mass is 364 g/mol. The lowest BCUT2D eigenvalue weighted by Crippen LogP contribution is -2.42. The first-order valence-corrected chi connectivity index (χ1v) is 9.21. The van der Waals surface area contributed by atoms with Gasteiger partial charge in [0.05, 0.1) is 25.5 Å². The Bertz CT molecular complexity index is 557. The summed E-state index contributed by atoms with van der Waals surface area (Å²) in [7, 11) is 0. The van der Waals surface area contributed by atoms with Gasteiger partial charge in [0.25, 0.3) is 0 Å². The minimum absolute atomic E-state index is 0.538. The van der Waals surface area contributed by atoms with Gasteiger partial charge in [-0.3, -0.25) is 10.3 Å². The average Bonchev–Trinajstić information content (AvgIpc) is 2.65. The topological polar surface area (TPSA) is 58.1 Å². The molecule has 1 aliphatic heterocycles. The maximum absolute atomic E-state index is 5.58. The number of benzene rings is 1. The number of hydrogen-bond acceptors (Lipinski definition) is 5. The predicted octanol–water partition coefficient (Wildman–Crippen LogP) is 2.00. The van der Waals surface area contributed by atoms with Crippen LogP contribution in [0.5, 0.6) is 5.75 Å². The third kappa shape index (κ3) is 7.37. The minimum atomic E-state index is 0.538. The van der Waals surface area contributed by atoms with Crippen molar-refractivity contribution in [2.45, 2.75) is 20.3 Å². The van der Waals surface area contributed by atoms with Gasteiger partial charge in [-0.25, -0.2) is 0 Å². The van der Waals surface area contributed by atoms with Gasteiger partial charge in [-0.2, -0.15) is 5.10 Å². The van der Waals surface area contributed by atoms with E-state index in [1.807, 2.05) is 31.2 Å². The molecule has 0 amide bonds. The molecule has 138 valence electrons. The second-order valence-electron chi connectivity index (χ2n) is 5.89. The maximum atomic E-state index is 5.58. The van der Waals surface area contributed by atoms with E-state index in [4.69, 9.17) is 21.7 Å². The molecule has 0 unspecified atom stereocenters. The molecule has 6 nitrogen and oxygen atoms in total. The van der Waals surface area contributed by atoms with Crippen LogP contribution in [0.1, 0.15) is 25.8 Å². The lowest BCUT2D eigenvalue weighted by molar-refractivity contribution is 0.0389. The van der Waals surface area contributed by atoms with Gasteiger partial charge in [-0.15, -0.1) is 0 Å². The molecule has 7 heteroatoms. The molecular formula is C18H28N4O2S. The van der Waals surface area contributed by atoms with Gasteiger partial charge in [0.1, 0.15) is 5.75 Å². The summed E-state index contributed by atoms with van der Waals surface area (Å²) in [5.74, 6) is 0.881. The molecule has 0 radical (unpaired) electrons. The SMILES string of the molecule is CCCOc1ccc(/C(C)=N\NC(=S)NCCN2CCOCC2)cc1. The van der Waals surface area contributed by atoms with E-state index in [1.54, 1.807) is 0 Å². The van der Waals surface area contributed by atoms with Crippen LogP contribution in [-0.4, -0.2) is 61.7 Å². The Morgan fingerprint density at radius 3 is 2.68 bits per heavy atom. The normalized spacial score (nSPS) is 15.7. The predicted molar refractivity (Wildman–Crippen MR) is 105 cm³/mol. The maximum Gasteiger partial charge on any atom is 0.187 e. The van der Waals surface area contributed by atoms with Crippen molar-refractivity contribution in [2.75, 3.05) is 46.0 Å². The van der Waals surface area contributed by atoms with Crippen LogP contribution in [0.2, 0.25) is 0 Å². The van der Waals surface area contributed by atoms with E-state index in [0.29, 0.717) is 5.11 Å². The first-order chi connectivity index (χ1) is 12.2. The Kier molecular flexibility index (Phi) is 8.65. The molecule has 1 heterocycles. The molecule has 1 saturated heterocycles. The van der Waals surface area contributed by atoms with Crippen LogP contribution in [0.4, 0.5) is 0 Å². The summed E-state index contributed by atoms with van der Waals surface area (Å²) in [6, 6.07) is 7.92. The van der Waals surface area contributed by atoms with Crippen LogP contribution in [0.3, 0.4) is 0 Å². The van der Waals surface area contributed by atoms with E-state index in [-0.39, 0.29) is 0 Å². The molecule has 0 spiro atoms. The summed E-state index contributed by atoms with van der Waals surface area (Å²) in [6.45, 7) is 10.1. The van der Waals surface area contributed by atoms with E-state index in [2.05, 4.69) is 27.7 Å². The quantitative estimate of drug-likeness (QED) is 0.418. The van der Waals surface area contributed by atoms with Gasteiger partial charge in [0, 0.05) is 26.2 Å². The number of thiocarbonyl (C=S) groups is 1. The molecule has 2 rings (SSSR count). The highest BCUT2D eigenvalue weighted by molar-refractivity contribution is 7.80. The van der Waals surface area contributed by atoms with Crippen LogP contribution >= 0.6 is 12.2 Å². The van der Waals surface area contributed by atoms with Crippen molar-refractivity contribution in [2.24, 2.45) is 5.10 Å². The molecular weight excluding hydrogens is 336 g/mol. The van der Waals surface area contributed by atoms with Gasteiger partial charge in [0.2, 0.25) is 0 Å². The third-order valence-electron chi connectivity index (χ3n) is 3.89. The van der Waals surface area contributed by atoms with Gasteiger partial charge in [-0.1, -0.05) is 6.92 Å². The molecule has 1 fully saturated rings. The van der Waals surface area contributed by atoms with Crippen molar-refractivity contribution in [3.63, 3.8) is 0 Å². The lowest BCUT2D eigenvalue weighted by atomic mass is 10.1. The summed E-state index contributed by atoms with van der Waals surface area (Å²) in [5, 5.41) is 8.06. The summed E-state index contributed by atoms with van der Waals surface area (Å²) >= 11 is 5.27. The van der Waals surface area contributed by atoms with Crippen molar-refractivity contribution in [3.8, 4) is 5.75 Å². The van der Waals surface area contributed by atoms with Crippen molar-refractivity contribution in [1.82, 2.24) is 15.6 Å². The standard InChI is InChI=1S/C18H28N4O2S/c1-3-12-24-17-6-4-16(5-7-17)15(2)20-21-18(25)19-8-9-22-10-13-23-14-11-22/h4-7H,3,8-14H2,1-2H3,(H2,19,21,25)/b20-15-. The van der Waals surface area contributed by atoms with Crippen LogP contribution in [0.15, 0.2) is 29.4 Å². The molecule has 0 saturated carbocycles. The largest absolute Gasteiger partial charge is 0.494 e. The number of rotatable bonds is 8. The molecule has 0 aliphatic carbocycles. The van der Waals surface area contributed by atoms with Crippen molar-refractivity contribution in [3.05, 3.63) is 29.8 Å². The van der Waals surface area contributed by atoms with Gasteiger partial charge in [-0.05, 0) is 55.4 Å². The van der Waals surface area contributed by atoms with Crippen LogP contribution < -0.4 is 15.5 Å². The van der Waals surface area contributed by atoms with Crippen molar-refractivity contribution < 1.29 is 9.47 Å². The lowest BCUT2D eigenvalue weighted by Gasteiger charge is -2.26. The highest BCUT2D eigenvalue weighted by Gasteiger charge is 2.09. The molecule has 2 N–H and O–H groups in total. The van der Waals surface area contributed by atoms with E-state index >= 15 is 0 Å². The smallest absolute Gasteiger partial charge is 0.187 e. The van der Waals surface area contributed by atoms with Crippen LogP contribution in [0, 0.1) is 0 Å². The highest BCUT2D eigenvalue weighted by Crippen LogP contribution is 2.13. The minimum Gasteiger partial charge on any atom is -0.494 e. The van der Waals surface area contributed by atoms with Crippen LogP contribution in [-0.2, 0) is 4.74 Å². The van der Waals surface area contributed by atoms with Gasteiger partial charge >= 0.3 is 0 Å². The van der Waals surface area contributed by atoms with Crippen molar-refractivity contribution in [1.29, 1.82) is 0 Å². The van der Waals surface area contributed by atoms with Crippen LogP contribution in [0.25, 0.3) is 0 Å². The fourth-order valence-corrected chi connectivity index (χ4v) is 2.55. The average molecular weight is 365 g/mol. The number of hydrogen-bond donors (Lipinski definition) is 2. The van der Waals surface area contributed by atoms with Gasteiger partial charge < -0.3 is 14.8 Å². The first-order valence-electron chi connectivity index (χ1n) is 8.80. The molecule has 1 aliphatic rings. The van der Waals surface area contributed by atoms with E-state index in [9.17, 15) is 0 Å². The highest BCUT2D eigenvalue weighted by atomic mass is 32.1. The number of nitrogens with one attached hydrogen (secondary N) is 2. The number of morpholine rings is 1. The summed E-state index contributed by atoms with van der Waals surface area (Å²) in [6.07, 6.45) is 1.00. The molecule has 0 atom stereocenters. The van der Waals surface area contributed by atoms with Gasteiger partial charge in [0.15, 0.2) is 5.11 Å². The Morgan fingerprint density at radius 1 is 1.28 bits per heavy atom. The molecule has 0 bridgehead atoms. The molecule has 1 aromatic rings. The van der Waals surface area contributed by atoms with E-state index in [0.717, 1.165) is 69.4 Å². The fourth-order valence-electron chi connectivity index (χ4n) is 2.40. The fraction of sp³-hybridized carbons (Fsp3) is 0.556. The Balaban J connectivity index is 1.70. The molecule has 25 heavy (non-hydrogen) atoms. The molecule has 0 aromatic heterocycles. The Labute approximate surface area is 155 Å². The first kappa shape index (κ1) is 19.6. The zero-order valence-electron chi connectivity index (χ0n) is 15.1. The summed E-state index contributed by atoms with van der Waals surface area (Å²) < 4.78 is 10.9.